The summed E-state index contributed by atoms with van der Waals surface area (Å²) in [7, 11) is 0. The summed E-state index contributed by atoms with van der Waals surface area (Å²) in [4.78, 5) is 16.5. The molecule has 3 rings (SSSR count). The quantitative estimate of drug-likeness (QED) is 0.844. The monoisotopic (exact) mass is 305 g/mol. The Hall–Kier alpha value is -2.28. The zero-order chi connectivity index (χ0) is 14.8. The van der Waals surface area contributed by atoms with E-state index < -0.39 is 0 Å². The van der Waals surface area contributed by atoms with Gasteiger partial charge in [-0.1, -0.05) is 6.92 Å². The molecule has 0 aliphatic carbocycles. The number of amides is 1. The van der Waals surface area contributed by atoms with Gasteiger partial charge in [0.15, 0.2) is 11.5 Å². The fourth-order valence-electron chi connectivity index (χ4n) is 2.06. The van der Waals surface area contributed by atoms with Crippen molar-refractivity contribution in [3.63, 3.8) is 0 Å². The van der Waals surface area contributed by atoms with E-state index in [1.54, 1.807) is 29.7 Å². The Kier molecular flexibility index (Phi) is 3.66. The molecule has 1 amide bonds. The number of nitrogens with zero attached hydrogens (tertiary/aromatic N) is 1. The number of rotatable bonds is 4. The van der Waals surface area contributed by atoms with Crippen LogP contribution in [0.25, 0.3) is 0 Å². The third-order valence-corrected chi connectivity index (χ3v) is 4.24. The number of nitrogens with two attached hydrogens (primary N) is 1. The maximum atomic E-state index is 12.2. The molecule has 1 unspecified atom stereocenters. The molecule has 7 heteroatoms. The van der Waals surface area contributed by atoms with Gasteiger partial charge in [0.1, 0.15) is 0 Å². The van der Waals surface area contributed by atoms with Crippen molar-refractivity contribution in [1.82, 2.24) is 10.3 Å². The number of anilines is 1. The number of ether oxygens (including phenoxy) is 2. The van der Waals surface area contributed by atoms with Crippen molar-refractivity contribution in [2.75, 3.05) is 19.1 Å². The molecule has 1 atom stereocenters. The van der Waals surface area contributed by atoms with Gasteiger partial charge in [0.25, 0.3) is 5.91 Å². The van der Waals surface area contributed by atoms with Gasteiger partial charge in [-0.05, 0) is 6.07 Å². The Labute approximate surface area is 125 Å². The Morgan fingerprint density at radius 1 is 1.48 bits per heavy atom. The molecule has 0 saturated carbocycles. The van der Waals surface area contributed by atoms with Crippen LogP contribution in [0.1, 0.15) is 28.2 Å². The third-order valence-electron chi connectivity index (χ3n) is 3.23. The van der Waals surface area contributed by atoms with Crippen LogP contribution in [0.4, 0.5) is 5.69 Å². The number of aromatic nitrogens is 1. The number of thiazole rings is 1. The highest BCUT2D eigenvalue weighted by atomic mass is 32.1. The standard InChI is InChI=1S/C14H15N3O3S/c1-8(14-16-2-3-21-14)6-17-13(18)9-4-11-12(5-10(9)15)20-7-19-11/h2-5,8H,6-7,15H2,1H3,(H,17,18). The zero-order valence-electron chi connectivity index (χ0n) is 11.5. The number of benzene rings is 1. The lowest BCUT2D eigenvalue weighted by atomic mass is 10.1. The van der Waals surface area contributed by atoms with Crippen LogP contribution in [-0.2, 0) is 0 Å². The van der Waals surface area contributed by atoms with Gasteiger partial charge >= 0.3 is 0 Å². The van der Waals surface area contributed by atoms with E-state index in [4.69, 9.17) is 15.2 Å². The largest absolute Gasteiger partial charge is 0.454 e. The minimum Gasteiger partial charge on any atom is -0.454 e. The van der Waals surface area contributed by atoms with E-state index in [0.717, 1.165) is 5.01 Å². The highest BCUT2D eigenvalue weighted by Gasteiger charge is 2.20. The molecular formula is C14H15N3O3S. The minimum absolute atomic E-state index is 0.154. The maximum Gasteiger partial charge on any atom is 0.253 e. The Morgan fingerprint density at radius 2 is 2.24 bits per heavy atom. The molecule has 1 aromatic carbocycles. The first-order valence-electron chi connectivity index (χ1n) is 6.52. The normalized spacial score (nSPS) is 14.0. The second-order valence-corrected chi connectivity index (χ2v) is 5.70. The van der Waals surface area contributed by atoms with Crippen molar-refractivity contribution in [3.05, 3.63) is 34.3 Å². The lowest BCUT2D eigenvalue weighted by molar-refractivity contribution is 0.0952. The van der Waals surface area contributed by atoms with Crippen molar-refractivity contribution in [1.29, 1.82) is 0 Å². The van der Waals surface area contributed by atoms with Crippen LogP contribution in [0.3, 0.4) is 0 Å². The van der Waals surface area contributed by atoms with Crippen LogP contribution < -0.4 is 20.5 Å². The van der Waals surface area contributed by atoms with Crippen LogP contribution in [0.5, 0.6) is 11.5 Å². The van der Waals surface area contributed by atoms with Crippen LogP contribution in [-0.4, -0.2) is 24.2 Å². The molecule has 1 aliphatic heterocycles. The number of hydrogen-bond acceptors (Lipinski definition) is 6. The summed E-state index contributed by atoms with van der Waals surface area (Å²) in [6, 6.07) is 3.22. The molecule has 110 valence electrons. The molecule has 6 nitrogen and oxygen atoms in total. The van der Waals surface area contributed by atoms with Gasteiger partial charge in [-0.15, -0.1) is 11.3 Å². The summed E-state index contributed by atoms with van der Waals surface area (Å²) >= 11 is 1.57. The van der Waals surface area contributed by atoms with E-state index in [2.05, 4.69) is 10.3 Å². The van der Waals surface area contributed by atoms with E-state index in [1.807, 2.05) is 12.3 Å². The van der Waals surface area contributed by atoms with E-state index in [0.29, 0.717) is 29.3 Å². The van der Waals surface area contributed by atoms with Crippen molar-refractivity contribution in [2.24, 2.45) is 0 Å². The van der Waals surface area contributed by atoms with Gasteiger partial charge in [-0.25, -0.2) is 4.98 Å². The fraction of sp³-hybridized carbons (Fsp3) is 0.286. The average molecular weight is 305 g/mol. The number of carbonyl (C=O) groups excluding carboxylic acids is 1. The lowest BCUT2D eigenvalue weighted by Crippen LogP contribution is -2.28. The van der Waals surface area contributed by atoms with Gasteiger partial charge in [0.2, 0.25) is 6.79 Å². The highest BCUT2D eigenvalue weighted by Crippen LogP contribution is 2.35. The first-order chi connectivity index (χ1) is 10.1. The van der Waals surface area contributed by atoms with Crippen LogP contribution in [0.15, 0.2) is 23.7 Å². The lowest BCUT2D eigenvalue weighted by Gasteiger charge is -2.11. The topological polar surface area (TPSA) is 86.5 Å². The highest BCUT2D eigenvalue weighted by molar-refractivity contribution is 7.09. The molecule has 3 N–H and O–H groups in total. The maximum absolute atomic E-state index is 12.2. The van der Waals surface area contributed by atoms with Gasteiger partial charge in [0.05, 0.1) is 10.6 Å². The summed E-state index contributed by atoms with van der Waals surface area (Å²) in [5.74, 6) is 1.04. The third kappa shape index (κ3) is 2.78. The summed E-state index contributed by atoms with van der Waals surface area (Å²) in [6.07, 6.45) is 1.76. The van der Waals surface area contributed by atoms with Crippen molar-refractivity contribution in [3.8, 4) is 11.5 Å². The van der Waals surface area contributed by atoms with Gasteiger partial charge < -0.3 is 20.5 Å². The zero-order valence-corrected chi connectivity index (χ0v) is 12.3. The number of fused-ring (bicyclic) bond motifs is 1. The smallest absolute Gasteiger partial charge is 0.253 e. The summed E-state index contributed by atoms with van der Waals surface area (Å²) < 4.78 is 10.5. The van der Waals surface area contributed by atoms with Gasteiger partial charge in [0, 0.05) is 35.8 Å². The van der Waals surface area contributed by atoms with Gasteiger partial charge in [-0.3, -0.25) is 4.79 Å². The van der Waals surface area contributed by atoms with E-state index >= 15 is 0 Å². The number of nitrogen functional groups attached to an aromatic ring is 1. The van der Waals surface area contributed by atoms with Crippen LogP contribution >= 0.6 is 11.3 Å². The average Bonchev–Trinajstić information content (AvgIpc) is 3.13. The van der Waals surface area contributed by atoms with Gasteiger partial charge in [-0.2, -0.15) is 0 Å². The van der Waals surface area contributed by atoms with E-state index in [9.17, 15) is 4.79 Å². The number of carbonyl (C=O) groups is 1. The van der Waals surface area contributed by atoms with Crippen molar-refractivity contribution < 1.29 is 14.3 Å². The first-order valence-corrected chi connectivity index (χ1v) is 7.40. The number of hydrogen-bond donors (Lipinski definition) is 2. The molecule has 1 aliphatic rings. The molecule has 2 heterocycles. The second kappa shape index (κ2) is 5.61. The van der Waals surface area contributed by atoms with Crippen LogP contribution in [0, 0.1) is 0 Å². The molecule has 1 aromatic heterocycles. The Balaban J connectivity index is 1.68. The Morgan fingerprint density at radius 3 is 2.95 bits per heavy atom. The molecule has 0 spiro atoms. The summed E-state index contributed by atoms with van der Waals surface area (Å²) in [5, 5.41) is 5.78. The molecule has 0 radical (unpaired) electrons. The van der Waals surface area contributed by atoms with Crippen molar-refractivity contribution >= 4 is 22.9 Å². The minimum atomic E-state index is -0.228. The molecule has 2 aromatic rings. The summed E-state index contributed by atoms with van der Waals surface area (Å²) in [6.45, 7) is 2.67. The fourth-order valence-corrected chi connectivity index (χ4v) is 2.76. The second-order valence-electron chi connectivity index (χ2n) is 4.77. The Bertz CT molecular complexity index is 658. The van der Waals surface area contributed by atoms with Crippen LogP contribution in [0.2, 0.25) is 0 Å². The van der Waals surface area contributed by atoms with E-state index in [-0.39, 0.29) is 18.6 Å². The number of nitrogens with one attached hydrogen (secondary N) is 1. The molecule has 0 saturated heterocycles. The predicted octanol–water partition coefficient (Wildman–Crippen LogP) is 1.99. The van der Waals surface area contributed by atoms with E-state index in [1.165, 1.54) is 0 Å². The molecular weight excluding hydrogens is 290 g/mol. The summed E-state index contributed by atoms with van der Waals surface area (Å²) in [5.41, 5.74) is 6.66. The molecule has 0 fully saturated rings. The predicted molar refractivity (Wildman–Crippen MR) is 79.8 cm³/mol. The molecule has 21 heavy (non-hydrogen) atoms. The SMILES string of the molecule is CC(CNC(=O)c1cc2c(cc1N)OCO2)c1nccs1. The van der Waals surface area contributed by atoms with Crippen molar-refractivity contribution in [2.45, 2.75) is 12.8 Å². The molecule has 0 bridgehead atoms. The first kappa shape index (κ1) is 13.7.